The number of halogens is 2. The maximum Gasteiger partial charge on any atom is 0.508 e. The second-order valence-electron chi connectivity index (χ2n) is 27.7. The maximum atomic E-state index is 14.9. The van der Waals surface area contributed by atoms with Gasteiger partial charge >= 0.3 is 30.6 Å². The van der Waals surface area contributed by atoms with E-state index in [1.165, 1.54) is 51.2 Å². The first-order valence-electron chi connectivity index (χ1n) is 31.7. The number of nitrogens with zero attached hydrogens (tertiary/aromatic N) is 8. The summed E-state index contributed by atoms with van der Waals surface area (Å²) < 4.78 is 83.9. The smallest absolute Gasteiger partial charge is 0.431 e. The summed E-state index contributed by atoms with van der Waals surface area (Å²) in [5.41, 5.74) is 9.43. The molecule has 4 N–H and O–H groups in total. The fraction of sp³-hybridized carbons (Fsp3) is 0.730. The number of hydrogen-bond acceptors (Lipinski definition) is 19. The Bertz CT molecular complexity index is 3130. The third-order valence-corrected chi connectivity index (χ3v) is 23.1. The van der Waals surface area contributed by atoms with Gasteiger partial charge in [0.2, 0.25) is 0 Å². The molecule has 14 rings (SSSR count). The maximum absolute atomic E-state index is 14.9. The van der Waals surface area contributed by atoms with Crippen LogP contribution in [0, 0.1) is 82.2 Å². The highest BCUT2D eigenvalue weighted by Crippen LogP contribution is 2.67. The van der Waals surface area contributed by atoms with Crippen LogP contribution in [0.25, 0.3) is 22.3 Å². The number of anilines is 2. The summed E-state index contributed by atoms with van der Waals surface area (Å²) in [6.45, 7) is -0.743. The molecular formula is C63H78F2N10O11. The van der Waals surface area contributed by atoms with Crippen LogP contribution in [0.2, 0.25) is 0 Å². The van der Waals surface area contributed by atoms with Crippen LogP contribution in [0.4, 0.5) is 34.8 Å². The fourth-order valence-electron chi connectivity index (χ4n) is 19.0. The minimum absolute atomic E-state index is 0.1000. The second-order valence-corrected chi connectivity index (χ2v) is 27.7. The summed E-state index contributed by atoms with van der Waals surface area (Å²) in [7, 11) is 0. The lowest BCUT2D eigenvalue weighted by molar-refractivity contribution is -0.209. The van der Waals surface area contributed by atoms with Crippen LogP contribution < -0.4 is 11.5 Å². The Morgan fingerprint density at radius 1 is 0.535 bits per heavy atom. The van der Waals surface area contributed by atoms with Gasteiger partial charge in [0.15, 0.2) is 45.2 Å². The molecule has 460 valence electrons. The van der Waals surface area contributed by atoms with Crippen molar-refractivity contribution in [1.29, 1.82) is 0 Å². The lowest BCUT2D eigenvalue weighted by Crippen LogP contribution is -2.62. The van der Waals surface area contributed by atoms with Gasteiger partial charge in [-0.05, 0) is 124 Å². The van der Waals surface area contributed by atoms with Crippen LogP contribution in [-0.2, 0) is 37.9 Å². The van der Waals surface area contributed by atoms with Gasteiger partial charge < -0.3 is 49.4 Å². The molecule has 4 aromatic rings. The van der Waals surface area contributed by atoms with E-state index in [9.17, 15) is 23.2 Å². The number of nitrogen functional groups attached to an aromatic ring is 2. The fourth-order valence-corrected chi connectivity index (χ4v) is 19.0. The summed E-state index contributed by atoms with van der Waals surface area (Å²) in [5.74, 6) is 3.58. The molecule has 10 unspecified atom stereocenters. The Morgan fingerprint density at radius 3 is 1.28 bits per heavy atom. The summed E-state index contributed by atoms with van der Waals surface area (Å²) in [5, 5.41) is 0. The summed E-state index contributed by atoms with van der Waals surface area (Å²) in [6, 6.07) is 0. The number of imidazole rings is 2. The normalized spacial score (nSPS) is 33.8. The Morgan fingerprint density at radius 2 is 0.907 bits per heavy atom. The van der Waals surface area contributed by atoms with Crippen molar-refractivity contribution in [3.8, 4) is 24.7 Å². The van der Waals surface area contributed by atoms with Gasteiger partial charge in [0.1, 0.15) is 50.1 Å². The summed E-state index contributed by atoms with van der Waals surface area (Å²) in [4.78, 5) is 66.7. The van der Waals surface area contributed by atoms with Gasteiger partial charge in [0.25, 0.3) is 0 Å². The largest absolute Gasteiger partial charge is 0.508 e. The predicted octanol–water partition coefficient (Wildman–Crippen LogP) is 11.3. The van der Waals surface area contributed by atoms with E-state index in [1.807, 2.05) is 0 Å². The van der Waals surface area contributed by atoms with E-state index in [0.29, 0.717) is 12.8 Å². The first-order valence-corrected chi connectivity index (χ1v) is 31.7. The van der Waals surface area contributed by atoms with Crippen molar-refractivity contribution in [1.82, 2.24) is 39.0 Å². The lowest BCUT2D eigenvalue weighted by atomic mass is 9.47. The number of fused-ring (bicyclic) bond motifs is 2. The first-order chi connectivity index (χ1) is 41.6. The van der Waals surface area contributed by atoms with Gasteiger partial charge in [-0.25, -0.2) is 24.4 Å². The molecule has 4 aromatic heterocycles. The monoisotopic (exact) mass is 1190 g/mol. The van der Waals surface area contributed by atoms with Crippen LogP contribution in [0.15, 0.2) is 12.7 Å². The van der Waals surface area contributed by atoms with E-state index in [4.69, 9.17) is 62.2 Å². The average Bonchev–Trinajstić information content (AvgIpc) is 1.35. The molecule has 8 saturated carbocycles. The molecule has 10 aliphatic rings. The minimum Gasteiger partial charge on any atom is -0.431 e. The zero-order valence-electron chi connectivity index (χ0n) is 48.8. The molecule has 2 saturated heterocycles. The van der Waals surface area contributed by atoms with Crippen molar-refractivity contribution in [3.63, 3.8) is 0 Å². The molecule has 86 heavy (non-hydrogen) atoms. The number of aromatic nitrogens is 8. The Hall–Kier alpha value is -6.59. The SMILES string of the molecule is C#CC1(COC(=O)OC2CC3(CCCCC3)C2)OC(n2cnc3c(N)nc(F)nc32)CC1C1C(OC(=O)OC2CC3(CCCCC3)C2C2CC(n3cnc4c(N)nc(F)nc43)OC2(C#C)COC(=O)OC2CC3(CCCCC3)C2)CC12CCCCC2. The highest BCUT2D eigenvalue weighted by Gasteiger charge is 2.68. The van der Waals surface area contributed by atoms with Crippen molar-refractivity contribution >= 4 is 52.4 Å². The number of carbonyl (C=O) groups is 3. The lowest BCUT2D eigenvalue weighted by Gasteiger charge is -2.61. The minimum atomic E-state index is -1.58. The molecule has 10 atom stereocenters. The van der Waals surface area contributed by atoms with Crippen molar-refractivity contribution in [3.05, 3.63) is 24.8 Å². The number of hydrogen-bond donors (Lipinski definition) is 2. The van der Waals surface area contributed by atoms with Crippen molar-refractivity contribution in [2.45, 2.75) is 228 Å². The van der Waals surface area contributed by atoms with Gasteiger partial charge in [-0.3, -0.25) is 9.13 Å². The highest BCUT2D eigenvalue weighted by molar-refractivity contribution is 5.82. The van der Waals surface area contributed by atoms with Crippen LogP contribution in [-0.4, -0.2) is 106 Å². The average molecular weight is 1190 g/mol. The molecule has 0 radical (unpaired) electrons. The molecule has 4 spiro atoms. The predicted molar refractivity (Wildman–Crippen MR) is 303 cm³/mol. The number of carbonyl (C=O) groups excluding carboxylic acids is 3. The molecular weight excluding hydrogens is 1110 g/mol. The van der Waals surface area contributed by atoms with E-state index >= 15 is 0 Å². The Balaban J connectivity index is 0.738. The molecule has 8 aliphatic carbocycles. The number of terminal acetylenes is 2. The zero-order chi connectivity index (χ0) is 59.2. The van der Waals surface area contributed by atoms with E-state index in [-0.39, 0.29) is 93.9 Å². The molecule has 0 amide bonds. The molecule has 10 fully saturated rings. The number of nitrogens with two attached hydrogens (primary N) is 2. The molecule has 21 nitrogen and oxygen atoms in total. The number of ether oxygens (including phenoxy) is 8. The van der Waals surface area contributed by atoms with Crippen molar-refractivity contribution < 1.29 is 61.1 Å². The Kier molecular flexibility index (Phi) is 14.6. The second kappa shape index (κ2) is 21.9. The molecule has 2 aliphatic heterocycles. The van der Waals surface area contributed by atoms with Gasteiger partial charge in [0.05, 0.1) is 12.7 Å². The van der Waals surface area contributed by atoms with E-state index in [0.717, 1.165) is 116 Å². The van der Waals surface area contributed by atoms with E-state index in [1.54, 1.807) is 9.13 Å². The highest BCUT2D eigenvalue weighted by atomic mass is 19.1. The van der Waals surface area contributed by atoms with E-state index < -0.39 is 90.2 Å². The molecule has 0 bridgehead atoms. The van der Waals surface area contributed by atoms with Gasteiger partial charge in [0, 0.05) is 23.7 Å². The van der Waals surface area contributed by atoms with Crippen LogP contribution in [0.3, 0.4) is 0 Å². The third-order valence-electron chi connectivity index (χ3n) is 23.1. The van der Waals surface area contributed by atoms with Gasteiger partial charge in [-0.2, -0.15) is 28.7 Å². The van der Waals surface area contributed by atoms with Crippen LogP contribution in [0.1, 0.15) is 192 Å². The van der Waals surface area contributed by atoms with Crippen molar-refractivity contribution in [2.75, 3.05) is 24.7 Å². The quantitative estimate of drug-likeness (QED) is 0.0578. The number of rotatable bonds is 12. The van der Waals surface area contributed by atoms with E-state index in [2.05, 4.69) is 41.7 Å². The standard InChI is InChI=1S/C63H78F2N10O11/c1-3-62(33-79-55(76)81-37-27-58(28-37)17-9-5-10-18-58)39(25-43(85-62)74-35-68-47-49(66)70-53(64)72-51(47)74)45-41(31-60(45)21-13-7-14-22-60)83-57(78)84-42-32-61(23-15-8-16-24-61)46(42)40-26-44(75-36-69-48-50(67)71-54(65)73-52(48)75)86-63(40,4-2)34-80-56(77)82-38-29-59(30-38)19-11-6-12-20-59/h1-2,35-46H,5-34H2,(H2,66,70,72)(H2,67,71,73). The molecule has 6 heterocycles. The van der Waals surface area contributed by atoms with Crippen molar-refractivity contribution in [2.24, 2.45) is 45.3 Å². The first kappa shape index (κ1) is 57.2. The van der Waals surface area contributed by atoms with Gasteiger partial charge in [-0.1, -0.05) is 88.9 Å². The zero-order valence-corrected chi connectivity index (χ0v) is 48.8. The molecule has 23 heteroatoms. The van der Waals surface area contributed by atoms with Crippen LogP contribution in [0.5, 0.6) is 0 Å². The third kappa shape index (κ3) is 9.92. The Labute approximate surface area is 498 Å². The summed E-state index contributed by atoms with van der Waals surface area (Å²) in [6.07, 6.45) is 33.4. The topological polar surface area (TPSA) is 264 Å². The molecule has 0 aromatic carbocycles. The van der Waals surface area contributed by atoms with Crippen LogP contribution >= 0.6 is 0 Å². The van der Waals surface area contributed by atoms with Gasteiger partial charge in [-0.15, -0.1) is 12.8 Å². The summed E-state index contributed by atoms with van der Waals surface area (Å²) >= 11 is 0.